The first-order valence-corrected chi connectivity index (χ1v) is 11.0. The van der Waals surface area contributed by atoms with Crippen molar-refractivity contribution in [3.8, 4) is 22.6 Å². The largest absolute Gasteiger partial charge is 0.478 e. The van der Waals surface area contributed by atoms with Crippen molar-refractivity contribution >= 4 is 23.8 Å². The Hall–Kier alpha value is -4.99. The number of hydrogen-bond donors (Lipinski definition) is 1. The molecule has 0 fully saturated rings. The van der Waals surface area contributed by atoms with Crippen LogP contribution in [-0.4, -0.2) is 16.0 Å². The number of carboxylic acids is 1. The molecule has 10 heteroatoms. The number of nitro groups is 1. The number of carboxylic acid groups (broad SMARTS) is 1. The monoisotopic (exact) mass is 523 g/mol. The summed E-state index contributed by atoms with van der Waals surface area (Å²) < 4.78 is 58.5. The van der Waals surface area contributed by atoms with E-state index in [2.05, 4.69) is 0 Å². The second-order valence-corrected chi connectivity index (χ2v) is 8.03. The highest BCUT2D eigenvalue weighted by atomic mass is 19.4. The minimum Gasteiger partial charge on any atom is -0.478 e. The molecule has 0 saturated heterocycles. The van der Waals surface area contributed by atoms with Gasteiger partial charge in [0, 0.05) is 6.07 Å². The zero-order valence-corrected chi connectivity index (χ0v) is 19.3. The van der Waals surface area contributed by atoms with Crippen LogP contribution in [0.2, 0.25) is 0 Å². The van der Waals surface area contributed by atoms with Crippen molar-refractivity contribution in [1.82, 2.24) is 0 Å². The van der Waals surface area contributed by atoms with E-state index in [4.69, 9.17) is 4.74 Å². The Morgan fingerprint density at radius 2 is 1.55 bits per heavy atom. The molecule has 1 N–H and O–H groups in total. The van der Waals surface area contributed by atoms with E-state index >= 15 is 0 Å². The summed E-state index contributed by atoms with van der Waals surface area (Å²) in [5.74, 6) is -2.61. The number of benzene rings is 4. The van der Waals surface area contributed by atoms with E-state index in [0.29, 0.717) is 11.1 Å². The smallest absolute Gasteiger partial charge is 0.419 e. The summed E-state index contributed by atoms with van der Waals surface area (Å²) in [6, 6.07) is 18.2. The summed E-state index contributed by atoms with van der Waals surface area (Å²) in [5, 5.41) is 21.2. The number of para-hydroxylation sites is 1. The van der Waals surface area contributed by atoms with E-state index in [1.807, 2.05) is 0 Å². The van der Waals surface area contributed by atoms with Crippen molar-refractivity contribution in [3.63, 3.8) is 0 Å². The lowest BCUT2D eigenvalue weighted by molar-refractivity contribution is -0.385. The number of hydrogen-bond acceptors (Lipinski definition) is 4. The average molecular weight is 523 g/mol. The van der Waals surface area contributed by atoms with Gasteiger partial charge in [0.2, 0.25) is 5.75 Å². The van der Waals surface area contributed by atoms with Gasteiger partial charge in [-0.1, -0.05) is 48.6 Å². The summed E-state index contributed by atoms with van der Waals surface area (Å²) in [6.45, 7) is 0. The first-order chi connectivity index (χ1) is 18.0. The number of ether oxygens (including phenoxy) is 1. The number of halogens is 4. The highest BCUT2D eigenvalue weighted by molar-refractivity contribution is 5.94. The molecule has 0 aliphatic rings. The third-order valence-corrected chi connectivity index (χ3v) is 5.51. The van der Waals surface area contributed by atoms with Crippen LogP contribution >= 0.6 is 0 Å². The number of nitro benzene ring substituents is 1. The fourth-order valence-corrected chi connectivity index (χ4v) is 3.68. The lowest BCUT2D eigenvalue weighted by Crippen LogP contribution is -2.07. The lowest BCUT2D eigenvalue weighted by Gasteiger charge is -2.13. The molecular weight excluding hydrogens is 506 g/mol. The Morgan fingerprint density at radius 1 is 0.868 bits per heavy atom. The Bertz CT molecular complexity index is 1550. The van der Waals surface area contributed by atoms with Gasteiger partial charge in [-0.05, 0) is 64.7 Å². The maximum absolute atomic E-state index is 13.3. The van der Waals surface area contributed by atoms with Crippen molar-refractivity contribution < 1.29 is 37.1 Å². The first-order valence-electron chi connectivity index (χ1n) is 11.0. The van der Waals surface area contributed by atoms with E-state index in [0.717, 1.165) is 24.3 Å². The van der Waals surface area contributed by atoms with Gasteiger partial charge in [0.25, 0.3) is 0 Å². The molecule has 0 amide bonds. The number of aromatic carboxylic acids is 1. The van der Waals surface area contributed by atoms with Crippen LogP contribution in [-0.2, 0) is 6.18 Å². The second-order valence-electron chi connectivity index (χ2n) is 8.03. The highest BCUT2D eigenvalue weighted by Crippen LogP contribution is 2.40. The van der Waals surface area contributed by atoms with Crippen LogP contribution < -0.4 is 4.74 Å². The predicted molar refractivity (Wildman–Crippen MR) is 132 cm³/mol. The van der Waals surface area contributed by atoms with Gasteiger partial charge in [0.05, 0.1) is 16.1 Å². The topological polar surface area (TPSA) is 89.7 Å². The maximum Gasteiger partial charge on any atom is 0.419 e. The van der Waals surface area contributed by atoms with E-state index in [1.165, 1.54) is 60.7 Å². The molecule has 0 saturated carbocycles. The van der Waals surface area contributed by atoms with Crippen LogP contribution in [0.3, 0.4) is 0 Å². The van der Waals surface area contributed by atoms with Crippen molar-refractivity contribution in [2.24, 2.45) is 0 Å². The molecule has 4 aromatic carbocycles. The molecule has 0 radical (unpaired) electrons. The number of rotatable bonds is 7. The van der Waals surface area contributed by atoms with Gasteiger partial charge < -0.3 is 9.84 Å². The predicted octanol–water partition coefficient (Wildman–Crippen LogP) is 8.08. The molecule has 38 heavy (non-hydrogen) atoms. The maximum atomic E-state index is 13.3. The van der Waals surface area contributed by atoms with Gasteiger partial charge >= 0.3 is 17.8 Å². The summed E-state index contributed by atoms with van der Waals surface area (Å²) >= 11 is 0. The third-order valence-electron chi connectivity index (χ3n) is 5.51. The fourth-order valence-electron chi connectivity index (χ4n) is 3.68. The van der Waals surface area contributed by atoms with E-state index in [9.17, 15) is 37.6 Å². The molecule has 0 spiro atoms. The quantitative estimate of drug-likeness (QED) is 0.114. The number of nitrogens with zero attached hydrogens (tertiary/aromatic N) is 1. The summed E-state index contributed by atoms with van der Waals surface area (Å²) in [6.07, 6.45) is -1.86. The molecule has 192 valence electrons. The molecule has 4 aromatic rings. The van der Waals surface area contributed by atoms with Crippen LogP contribution in [0.25, 0.3) is 23.3 Å². The van der Waals surface area contributed by atoms with Gasteiger partial charge in [-0.25, -0.2) is 9.18 Å². The van der Waals surface area contributed by atoms with E-state index in [-0.39, 0.29) is 16.7 Å². The standard InChI is InChI=1S/C28H17F4NO5/c29-21-11-8-18(9-12-21)19-10-13-22(27(34)35)20(16-19)7-5-17-6-14-26(24(15-17)33(36)37)38-25-4-2-1-3-23(25)28(30,31)32/h1-16H,(H,34,35)/b7-5+. The van der Waals surface area contributed by atoms with Crippen LogP contribution in [0.1, 0.15) is 27.0 Å². The van der Waals surface area contributed by atoms with Crippen LogP contribution in [0.15, 0.2) is 84.9 Å². The minimum atomic E-state index is -4.72. The molecule has 0 unspecified atom stereocenters. The normalized spacial score (nSPS) is 11.5. The molecule has 6 nitrogen and oxygen atoms in total. The molecule has 0 atom stereocenters. The van der Waals surface area contributed by atoms with Gasteiger partial charge in [0.1, 0.15) is 11.6 Å². The Kier molecular flexibility index (Phi) is 7.24. The SMILES string of the molecule is O=C(O)c1ccc(-c2ccc(F)cc2)cc1/C=C/c1ccc(Oc2ccccc2C(F)(F)F)c([N+](=O)[O-])c1. The number of carbonyl (C=O) groups is 1. The second kappa shape index (κ2) is 10.6. The van der Waals surface area contributed by atoms with Gasteiger partial charge in [-0.3, -0.25) is 10.1 Å². The zero-order chi connectivity index (χ0) is 27.4. The number of alkyl halides is 3. The molecule has 0 aliphatic carbocycles. The van der Waals surface area contributed by atoms with Gasteiger partial charge in [-0.2, -0.15) is 13.2 Å². The summed E-state index contributed by atoms with van der Waals surface area (Å²) in [7, 11) is 0. The van der Waals surface area contributed by atoms with Gasteiger partial charge in [-0.15, -0.1) is 0 Å². The first kappa shape index (κ1) is 26.1. The van der Waals surface area contributed by atoms with Crippen LogP contribution in [0, 0.1) is 15.9 Å². The van der Waals surface area contributed by atoms with Crippen molar-refractivity contribution in [2.45, 2.75) is 6.18 Å². The van der Waals surface area contributed by atoms with Crippen molar-refractivity contribution in [2.75, 3.05) is 0 Å². The fraction of sp³-hybridized carbons (Fsp3) is 0.0357. The molecule has 4 rings (SSSR count). The Balaban J connectivity index is 1.69. The van der Waals surface area contributed by atoms with Gasteiger partial charge in [0.15, 0.2) is 0 Å². The molecular formula is C28H17F4NO5. The van der Waals surface area contributed by atoms with Crippen molar-refractivity contribution in [1.29, 1.82) is 0 Å². The minimum absolute atomic E-state index is 0.0367. The lowest BCUT2D eigenvalue weighted by atomic mass is 9.98. The molecule has 0 bridgehead atoms. The average Bonchev–Trinajstić information content (AvgIpc) is 2.88. The van der Waals surface area contributed by atoms with Crippen LogP contribution in [0.5, 0.6) is 11.5 Å². The third kappa shape index (κ3) is 5.86. The van der Waals surface area contributed by atoms with Crippen molar-refractivity contribution in [3.05, 3.63) is 123 Å². The molecule has 0 heterocycles. The summed E-state index contributed by atoms with van der Waals surface area (Å²) in [5.41, 5.74) is 0.119. The van der Waals surface area contributed by atoms with E-state index < -0.39 is 45.6 Å². The molecule has 0 aromatic heterocycles. The van der Waals surface area contributed by atoms with E-state index in [1.54, 1.807) is 12.1 Å². The highest BCUT2D eigenvalue weighted by Gasteiger charge is 2.34. The summed E-state index contributed by atoms with van der Waals surface area (Å²) in [4.78, 5) is 22.6. The molecule has 0 aliphatic heterocycles. The Labute approximate surface area is 213 Å². The van der Waals surface area contributed by atoms with Crippen LogP contribution in [0.4, 0.5) is 23.2 Å². The Morgan fingerprint density at radius 3 is 2.21 bits per heavy atom. The zero-order valence-electron chi connectivity index (χ0n) is 19.3.